The molecule has 0 aromatic heterocycles. The van der Waals surface area contributed by atoms with E-state index in [0.717, 1.165) is 25.7 Å². The number of nitrogens with zero attached hydrogens (tertiary/aromatic N) is 4. The number of hydrogen-bond donors (Lipinski definition) is 1. The highest BCUT2D eigenvalue weighted by Crippen LogP contribution is 2.41. The average molecular weight is 397 g/mol. The lowest BCUT2D eigenvalue weighted by molar-refractivity contribution is -0.132. The molecule has 1 aliphatic carbocycles. The van der Waals surface area contributed by atoms with Crippen molar-refractivity contribution in [2.24, 2.45) is 4.99 Å². The van der Waals surface area contributed by atoms with Gasteiger partial charge in [0.25, 0.3) is 5.91 Å². The molecule has 1 saturated carbocycles. The maximum Gasteiger partial charge on any atom is 0.275 e. The number of amides is 2. The van der Waals surface area contributed by atoms with Crippen LogP contribution in [-0.4, -0.2) is 34.6 Å². The Bertz CT molecular complexity index is 1120. The van der Waals surface area contributed by atoms with Gasteiger partial charge in [-0.1, -0.05) is 18.2 Å². The molecule has 1 fully saturated rings. The van der Waals surface area contributed by atoms with E-state index < -0.39 is 5.66 Å². The minimum Gasteiger partial charge on any atom is -0.325 e. The highest BCUT2D eigenvalue weighted by atomic mass is 16.2. The molecule has 0 radical (unpaired) electrons. The van der Waals surface area contributed by atoms with Crippen LogP contribution in [0, 0.1) is 22.7 Å². The third-order valence-corrected chi connectivity index (χ3v) is 5.54. The molecule has 1 spiro atoms. The van der Waals surface area contributed by atoms with Gasteiger partial charge < -0.3 is 10.2 Å². The summed E-state index contributed by atoms with van der Waals surface area (Å²) in [5.41, 5.74) is 1.77. The van der Waals surface area contributed by atoms with E-state index in [1.165, 1.54) is 0 Å². The van der Waals surface area contributed by atoms with E-state index in [1.54, 1.807) is 53.4 Å². The quantitative estimate of drug-likeness (QED) is 0.855. The summed E-state index contributed by atoms with van der Waals surface area (Å²) in [7, 11) is 0. The molecule has 7 heteroatoms. The molecule has 4 rings (SSSR count). The predicted molar refractivity (Wildman–Crippen MR) is 110 cm³/mol. The van der Waals surface area contributed by atoms with E-state index in [1.807, 2.05) is 6.07 Å². The summed E-state index contributed by atoms with van der Waals surface area (Å²) in [6, 6.07) is 17.5. The van der Waals surface area contributed by atoms with Gasteiger partial charge in [-0.25, -0.2) is 0 Å². The number of benzene rings is 2. The van der Waals surface area contributed by atoms with Gasteiger partial charge >= 0.3 is 0 Å². The monoisotopic (exact) mass is 397 g/mol. The van der Waals surface area contributed by atoms with Crippen LogP contribution in [0.25, 0.3) is 0 Å². The summed E-state index contributed by atoms with van der Waals surface area (Å²) < 4.78 is 0. The Kier molecular flexibility index (Phi) is 5.04. The van der Waals surface area contributed by atoms with Crippen LogP contribution in [0.15, 0.2) is 53.5 Å². The fraction of sp³-hybridized carbons (Fsp3) is 0.261. The van der Waals surface area contributed by atoms with Crippen LogP contribution >= 0.6 is 0 Å². The lowest BCUT2D eigenvalue weighted by Gasteiger charge is -2.32. The van der Waals surface area contributed by atoms with E-state index in [9.17, 15) is 9.59 Å². The van der Waals surface area contributed by atoms with E-state index in [-0.39, 0.29) is 18.4 Å². The van der Waals surface area contributed by atoms with E-state index in [0.29, 0.717) is 28.1 Å². The number of nitriles is 2. The summed E-state index contributed by atoms with van der Waals surface area (Å²) in [5.74, 6) is -0.608. The number of aliphatic imine (C=N–C) groups is 1. The molecule has 2 aliphatic rings. The van der Waals surface area contributed by atoms with Crippen molar-refractivity contribution in [2.45, 2.75) is 31.3 Å². The predicted octanol–water partition coefficient (Wildman–Crippen LogP) is 2.97. The minimum atomic E-state index is -0.688. The van der Waals surface area contributed by atoms with Crippen molar-refractivity contribution >= 4 is 23.2 Å². The van der Waals surface area contributed by atoms with Crippen molar-refractivity contribution in [3.63, 3.8) is 0 Å². The van der Waals surface area contributed by atoms with Crippen LogP contribution < -0.4 is 5.32 Å². The number of carbonyl (C=O) groups excluding carboxylic acids is 2. The Hall–Kier alpha value is -3.97. The van der Waals surface area contributed by atoms with Crippen molar-refractivity contribution in [2.75, 3.05) is 11.9 Å². The smallest absolute Gasteiger partial charge is 0.275 e. The lowest BCUT2D eigenvalue weighted by atomic mass is 10.1. The molecule has 30 heavy (non-hydrogen) atoms. The average Bonchev–Trinajstić information content (AvgIpc) is 3.34. The molecule has 0 saturated heterocycles. The molecule has 148 valence electrons. The highest BCUT2D eigenvalue weighted by molar-refractivity contribution is 6.47. The number of anilines is 1. The van der Waals surface area contributed by atoms with Gasteiger partial charge in [0, 0.05) is 11.3 Å². The Labute approximate surface area is 174 Å². The first-order valence-corrected chi connectivity index (χ1v) is 9.77. The fourth-order valence-corrected chi connectivity index (χ4v) is 4.08. The number of carbonyl (C=O) groups is 2. The normalized spacial score (nSPS) is 16.8. The van der Waals surface area contributed by atoms with Crippen molar-refractivity contribution in [3.05, 3.63) is 65.2 Å². The molecule has 1 aliphatic heterocycles. The van der Waals surface area contributed by atoms with Crippen LogP contribution in [0.2, 0.25) is 0 Å². The van der Waals surface area contributed by atoms with Gasteiger partial charge in [0.2, 0.25) is 5.91 Å². The van der Waals surface area contributed by atoms with Crippen molar-refractivity contribution in [1.29, 1.82) is 10.5 Å². The van der Waals surface area contributed by atoms with Crippen molar-refractivity contribution in [1.82, 2.24) is 4.90 Å². The maximum absolute atomic E-state index is 13.2. The molecule has 2 amide bonds. The third kappa shape index (κ3) is 3.54. The zero-order valence-corrected chi connectivity index (χ0v) is 16.3. The van der Waals surface area contributed by atoms with E-state index in [4.69, 9.17) is 15.5 Å². The number of nitrogens with one attached hydrogen (secondary N) is 1. The first-order valence-electron chi connectivity index (χ1n) is 9.77. The summed E-state index contributed by atoms with van der Waals surface area (Å²) in [4.78, 5) is 32.3. The Morgan fingerprint density at radius 1 is 1.07 bits per heavy atom. The van der Waals surface area contributed by atoms with E-state index in [2.05, 4.69) is 11.4 Å². The van der Waals surface area contributed by atoms with Crippen molar-refractivity contribution in [3.8, 4) is 12.1 Å². The molecule has 1 N–H and O–H groups in total. The minimum absolute atomic E-state index is 0.112. The third-order valence-electron chi connectivity index (χ3n) is 5.54. The largest absolute Gasteiger partial charge is 0.325 e. The van der Waals surface area contributed by atoms with Crippen molar-refractivity contribution < 1.29 is 9.59 Å². The first-order chi connectivity index (χ1) is 14.5. The van der Waals surface area contributed by atoms with Gasteiger partial charge in [-0.15, -0.1) is 0 Å². The fourth-order valence-electron chi connectivity index (χ4n) is 4.08. The summed E-state index contributed by atoms with van der Waals surface area (Å²) in [5, 5.41) is 20.8. The standard InChI is InChI=1S/C23H19N5O2/c24-13-16-6-8-18(9-7-16)21-22(30)28(23(27-21)10-1-2-11-23)15-20(29)26-19-5-3-4-17(12-19)14-25/h3-9,12H,1-2,10-11,15H2,(H,26,29). The molecule has 0 unspecified atom stereocenters. The molecule has 0 atom stereocenters. The number of rotatable bonds is 4. The van der Waals surface area contributed by atoms with Crippen LogP contribution in [0.3, 0.4) is 0 Å². The van der Waals surface area contributed by atoms with Crippen LogP contribution in [0.1, 0.15) is 42.4 Å². The summed E-state index contributed by atoms with van der Waals surface area (Å²) >= 11 is 0. The molecule has 7 nitrogen and oxygen atoms in total. The molecule has 2 aromatic carbocycles. The zero-order valence-electron chi connectivity index (χ0n) is 16.3. The second kappa shape index (κ2) is 7.81. The summed E-state index contributed by atoms with van der Waals surface area (Å²) in [6.45, 7) is -0.112. The van der Waals surface area contributed by atoms with Gasteiger partial charge in [0.1, 0.15) is 17.9 Å². The summed E-state index contributed by atoms with van der Waals surface area (Å²) in [6.07, 6.45) is 3.32. The SMILES string of the molecule is N#Cc1ccc(C2=NC3(CCCC3)N(CC(=O)Nc3cccc(C#N)c3)C2=O)cc1. The number of hydrogen-bond acceptors (Lipinski definition) is 5. The molecular formula is C23H19N5O2. The lowest BCUT2D eigenvalue weighted by Crippen LogP contribution is -2.48. The second-order valence-electron chi connectivity index (χ2n) is 7.47. The Morgan fingerprint density at radius 2 is 1.77 bits per heavy atom. The maximum atomic E-state index is 13.2. The topological polar surface area (TPSA) is 109 Å². The van der Waals surface area contributed by atoms with Gasteiger partial charge in [0.05, 0.1) is 23.3 Å². The van der Waals surface area contributed by atoms with E-state index >= 15 is 0 Å². The van der Waals surface area contributed by atoms with Gasteiger partial charge in [-0.3, -0.25) is 14.6 Å². The molecular weight excluding hydrogens is 378 g/mol. The highest BCUT2D eigenvalue weighted by Gasteiger charge is 2.49. The Balaban J connectivity index is 1.56. The van der Waals surface area contributed by atoms with Gasteiger partial charge in [-0.2, -0.15) is 10.5 Å². The van der Waals surface area contributed by atoms with Crippen LogP contribution in [-0.2, 0) is 9.59 Å². The van der Waals surface area contributed by atoms with Gasteiger partial charge in [0.15, 0.2) is 0 Å². The zero-order chi connectivity index (χ0) is 21.1. The Morgan fingerprint density at radius 3 is 2.43 bits per heavy atom. The van der Waals surface area contributed by atoms with Gasteiger partial charge in [-0.05, 0) is 56.0 Å². The molecule has 1 heterocycles. The van der Waals surface area contributed by atoms with Crippen LogP contribution in [0.4, 0.5) is 5.69 Å². The van der Waals surface area contributed by atoms with Crippen LogP contribution in [0.5, 0.6) is 0 Å². The molecule has 2 aromatic rings. The second-order valence-corrected chi connectivity index (χ2v) is 7.47. The first kappa shape index (κ1) is 19.4. The molecule has 0 bridgehead atoms.